The lowest BCUT2D eigenvalue weighted by Gasteiger charge is -2.13. The number of hydrogen-bond donors (Lipinski definition) is 2. The number of nitrogens with one attached hydrogen (secondary N) is 2. The Morgan fingerprint density at radius 2 is 1.64 bits per heavy atom. The van der Waals surface area contributed by atoms with Crippen LogP contribution in [-0.2, 0) is 5.38 Å². The van der Waals surface area contributed by atoms with Gasteiger partial charge in [-0.15, -0.1) is 0 Å². The highest BCUT2D eigenvalue weighted by molar-refractivity contribution is 6.21. The Kier molecular flexibility index (Phi) is 4.15. The summed E-state index contributed by atoms with van der Waals surface area (Å²) in [5, 5.41) is 8.73. The van der Waals surface area contributed by atoms with Crippen LogP contribution in [0.5, 0.6) is 0 Å². The number of halogens is 3. The van der Waals surface area contributed by atoms with Gasteiger partial charge in [-0.3, -0.25) is 9.59 Å². The maximum atomic E-state index is 13.0. The van der Waals surface area contributed by atoms with Gasteiger partial charge in [0.05, 0.1) is 11.9 Å². The van der Waals surface area contributed by atoms with Crippen molar-refractivity contribution in [3.8, 4) is 11.4 Å². The van der Waals surface area contributed by atoms with Crippen molar-refractivity contribution < 1.29 is 17.8 Å². The third kappa shape index (κ3) is 3.22. The summed E-state index contributed by atoms with van der Waals surface area (Å²) >= 11 is 4.83. The quantitative estimate of drug-likeness (QED) is 0.366. The molecule has 0 spiro atoms. The molecule has 28 heavy (non-hydrogen) atoms. The predicted octanol–water partition coefficient (Wildman–Crippen LogP) is 3.10. The normalized spacial score (nSPS) is 11.7. The highest BCUT2D eigenvalue weighted by atomic mass is 35.5. The van der Waals surface area contributed by atoms with E-state index in [4.69, 9.17) is 11.6 Å². The van der Waals surface area contributed by atoms with E-state index in [1.54, 1.807) is 12.1 Å². The first kappa shape index (κ1) is 17.8. The van der Waals surface area contributed by atoms with Gasteiger partial charge in [0.15, 0.2) is 0 Å². The average molecular weight is 408 g/mol. The lowest BCUT2D eigenvalue weighted by atomic mass is 10.1. The summed E-state index contributed by atoms with van der Waals surface area (Å²) in [6.45, 7) is 0. The topological polar surface area (TPSA) is 123 Å². The molecule has 12 heteroatoms. The summed E-state index contributed by atoms with van der Waals surface area (Å²) in [7, 11) is 0. The number of aromatic nitrogens is 3. The maximum Gasteiger partial charge on any atom is 0.400 e. The zero-order chi connectivity index (χ0) is 19.9. The van der Waals surface area contributed by atoms with Gasteiger partial charge < -0.3 is 19.7 Å². The Morgan fingerprint density at radius 3 is 2.18 bits per heavy atom. The highest BCUT2D eigenvalue weighted by Gasteiger charge is 2.35. The molecule has 0 unspecified atom stereocenters. The summed E-state index contributed by atoms with van der Waals surface area (Å²) in [6.07, 6.45) is 2.62. The van der Waals surface area contributed by atoms with Crippen LogP contribution in [0.4, 0.5) is 31.5 Å². The van der Waals surface area contributed by atoms with E-state index in [0.29, 0.717) is 16.9 Å². The lowest BCUT2D eigenvalue weighted by molar-refractivity contribution is 0.0551. The minimum Gasteiger partial charge on any atom is -0.363 e. The van der Waals surface area contributed by atoms with E-state index >= 15 is 0 Å². The molecule has 0 aliphatic carbocycles. The van der Waals surface area contributed by atoms with Crippen LogP contribution in [0, 0.1) is 0 Å². The molecule has 2 aromatic carbocycles. The molecule has 9 nitrogen and oxygen atoms in total. The fraction of sp³-hybridized carbons (Fsp3) is 0.0625. The molecule has 0 amide bonds. The zero-order valence-electron chi connectivity index (χ0n) is 13.6. The first-order chi connectivity index (χ1) is 13.3. The summed E-state index contributed by atoms with van der Waals surface area (Å²) < 4.78 is 35.0. The Morgan fingerprint density at radius 1 is 1.00 bits per heavy atom. The molecule has 2 heterocycles. The molecule has 142 valence electrons. The van der Waals surface area contributed by atoms with Crippen molar-refractivity contribution in [3.05, 3.63) is 63.1 Å². The van der Waals surface area contributed by atoms with Crippen LogP contribution in [0.1, 0.15) is 5.89 Å². The third-order valence-electron chi connectivity index (χ3n) is 3.69. The molecule has 0 radical (unpaired) electrons. The van der Waals surface area contributed by atoms with E-state index in [-0.39, 0.29) is 17.2 Å². The van der Waals surface area contributed by atoms with E-state index < -0.39 is 22.1 Å². The van der Waals surface area contributed by atoms with Crippen molar-refractivity contribution in [1.29, 1.82) is 0 Å². The molecule has 0 bridgehead atoms. The van der Waals surface area contributed by atoms with Crippen LogP contribution < -0.4 is 21.5 Å². The monoisotopic (exact) mass is 407 g/mol. The van der Waals surface area contributed by atoms with Crippen molar-refractivity contribution in [2.24, 2.45) is 0 Å². The molecule has 0 saturated carbocycles. The molecule has 0 aliphatic rings. The van der Waals surface area contributed by atoms with Gasteiger partial charge in [0, 0.05) is 11.3 Å². The van der Waals surface area contributed by atoms with Crippen LogP contribution in [0.3, 0.4) is 0 Å². The number of rotatable bonds is 6. The second-order valence-corrected chi connectivity index (χ2v) is 6.04. The second kappa shape index (κ2) is 6.53. The molecule has 2 aromatic heterocycles. The molecule has 0 aliphatic heterocycles. The summed E-state index contributed by atoms with van der Waals surface area (Å²) in [4.78, 5) is 27.1. The van der Waals surface area contributed by atoms with Crippen molar-refractivity contribution >= 4 is 34.4 Å². The fourth-order valence-electron chi connectivity index (χ4n) is 2.34. The molecule has 2 N–H and O–H groups in total. The van der Waals surface area contributed by atoms with Crippen molar-refractivity contribution in [2.75, 3.05) is 10.6 Å². The summed E-state index contributed by atoms with van der Waals surface area (Å²) in [6, 6.07) is 6.12. The third-order valence-corrected chi connectivity index (χ3v) is 3.85. The standard InChI is InChI=1S/C16H8ClF2N5O4/c17-16(18,19)15-23-14(24-28-15)7-1-3-8(4-2-7)21-10-11(13(26)12(10)25)22-9-5-20-27-6-9/h1-6,21-22H. The van der Waals surface area contributed by atoms with E-state index in [1.807, 2.05) is 0 Å². The van der Waals surface area contributed by atoms with Gasteiger partial charge in [0.1, 0.15) is 17.6 Å². The van der Waals surface area contributed by atoms with Gasteiger partial charge in [-0.05, 0) is 35.9 Å². The Labute approximate surface area is 158 Å². The van der Waals surface area contributed by atoms with Gasteiger partial charge in [0.25, 0.3) is 10.9 Å². The number of benzene rings is 1. The molecule has 4 aromatic rings. The van der Waals surface area contributed by atoms with Crippen LogP contribution in [0.25, 0.3) is 11.4 Å². The molecule has 0 saturated heterocycles. The van der Waals surface area contributed by atoms with Crippen LogP contribution >= 0.6 is 11.6 Å². The SMILES string of the molecule is O=c1c(Nc2ccc(-c3noc(C(F)(F)Cl)n3)cc2)c(Nc2cnoc2)c1=O. The number of nitrogens with zero attached hydrogens (tertiary/aromatic N) is 3. The minimum absolute atomic E-state index is 0.0718. The molecule has 4 rings (SSSR count). The van der Waals surface area contributed by atoms with E-state index in [0.717, 1.165) is 0 Å². The first-order valence-electron chi connectivity index (χ1n) is 7.61. The fourth-order valence-corrected chi connectivity index (χ4v) is 2.42. The van der Waals surface area contributed by atoms with Gasteiger partial charge >= 0.3 is 11.3 Å². The van der Waals surface area contributed by atoms with E-state index in [9.17, 15) is 18.4 Å². The number of hydrogen-bond acceptors (Lipinski definition) is 9. The highest BCUT2D eigenvalue weighted by Crippen LogP contribution is 2.32. The smallest absolute Gasteiger partial charge is 0.363 e. The minimum atomic E-state index is -3.76. The van der Waals surface area contributed by atoms with Gasteiger partial charge in [-0.25, -0.2) is 0 Å². The molecule has 0 atom stereocenters. The van der Waals surface area contributed by atoms with Gasteiger partial charge in [-0.2, -0.15) is 13.8 Å². The Bertz CT molecular complexity index is 1190. The van der Waals surface area contributed by atoms with Crippen molar-refractivity contribution in [3.63, 3.8) is 0 Å². The van der Waals surface area contributed by atoms with E-state index in [1.165, 1.54) is 24.6 Å². The lowest BCUT2D eigenvalue weighted by Crippen LogP contribution is -2.35. The largest absolute Gasteiger partial charge is 0.400 e. The van der Waals surface area contributed by atoms with Gasteiger partial charge in [-0.1, -0.05) is 10.3 Å². The Balaban J connectivity index is 1.53. The van der Waals surface area contributed by atoms with Gasteiger partial charge in [0.2, 0.25) is 5.82 Å². The maximum absolute atomic E-state index is 13.0. The number of anilines is 4. The summed E-state index contributed by atoms with van der Waals surface area (Å²) in [5.74, 6) is -1.09. The first-order valence-corrected chi connectivity index (χ1v) is 7.99. The van der Waals surface area contributed by atoms with Crippen LogP contribution in [-0.4, -0.2) is 15.3 Å². The number of alkyl halides is 3. The Hall–Kier alpha value is -3.60. The van der Waals surface area contributed by atoms with Crippen molar-refractivity contribution in [1.82, 2.24) is 15.3 Å². The van der Waals surface area contributed by atoms with E-state index in [2.05, 4.69) is 35.0 Å². The van der Waals surface area contributed by atoms with Crippen LogP contribution in [0.15, 0.2) is 55.4 Å². The molecule has 0 fully saturated rings. The van der Waals surface area contributed by atoms with Crippen molar-refractivity contribution in [2.45, 2.75) is 5.38 Å². The second-order valence-electron chi connectivity index (χ2n) is 5.57. The zero-order valence-corrected chi connectivity index (χ0v) is 14.3. The molecular formula is C16H8ClF2N5O4. The van der Waals surface area contributed by atoms with Crippen LogP contribution in [0.2, 0.25) is 0 Å². The molecular weight excluding hydrogens is 400 g/mol. The summed E-state index contributed by atoms with van der Waals surface area (Å²) in [5.41, 5.74) is 0.0447. The average Bonchev–Trinajstić information content (AvgIpc) is 3.36. The predicted molar refractivity (Wildman–Crippen MR) is 93.9 cm³/mol.